The number of halogens is 1. The second-order valence-corrected chi connectivity index (χ2v) is 4.95. The van der Waals surface area contributed by atoms with Crippen LogP contribution in [0.5, 0.6) is 0 Å². The third kappa shape index (κ3) is 3.01. The molecule has 0 spiro atoms. The number of H-pyrrole nitrogens is 1. The van der Waals surface area contributed by atoms with Crippen LogP contribution in [0.4, 0.5) is 4.39 Å². The number of rotatable bonds is 4. The van der Waals surface area contributed by atoms with Crippen molar-refractivity contribution in [2.75, 3.05) is 7.05 Å². The van der Waals surface area contributed by atoms with Gasteiger partial charge < -0.3 is 4.90 Å². The summed E-state index contributed by atoms with van der Waals surface area (Å²) in [5.41, 5.74) is 0.461. The van der Waals surface area contributed by atoms with Gasteiger partial charge in [-0.2, -0.15) is 0 Å². The summed E-state index contributed by atoms with van der Waals surface area (Å²) in [6.07, 6.45) is 0. The van der Waals surface area contributed by atoms with Crippen LogP contribution in [0.15, 0.2) is 24.3 Å². The van der Waals surface area contributed by atoms with Gasteiger partial charge in [-0.1, -0.05) is 32.0 Å². The van der Waals surface area contributed by atoms with Crippen molar-refractivity contribution in [2.24, 2.45) is 0 Å². The molecule has 2 aromatic rings. The molecule has 0 saturated carbocycles. The van der Waals surface area contributed by atoms with Gasteiger partial charge >= 0.3 is 0 Å². The van der Waals surface area contributed by atoms with Crippen molar-refractivity contribution < 1.29 is 9.18 Å². The van der Waals surface area contributed by atoms with Crippen LogP contribution in [0.1, 0.15) is 41.8 Å². The molecule has 1 aromatic carbocycles. The van der Waals surface area contributed by atoms with Gasteiger partial charge in [-0.25, -0.2) is 9.37 Å². The molecule has 20 heavy (non-hydrogen) atoms. The predicted octanol–water partition coefficient (Wildman–Crippen LogP) is 2.34. The largest absolute Gasteiger partial charge is 0.334 e. The summed E-state index contributed by atoms with van der Waals surface area (Å²) >= 11 is 0. The Morgan fingerprint density at radius 3 is 2.70 bits per heavy atom. The van der Waals surface area contributed by atoms with E-state index < -0.39 is 0 Å². The molecule has 0 unspecified atom stereocenters. The van der Waals surface area contributed by atoms with Crippen molar-refractivity contribution in [3.05, 3.63) is 47.3 Å². The number of nitrogens with one attached hydrogen (secondary N) is 1. The van der Waals surface area contributed by atoms with E-state index in [1.165, 1.54) is 11.0 Å². The second kappa shape index (κ2) is 5.81. The summed E-state index contributed by atoms with van der Waals surface area (Å²) in [7, 11) is 1.60. The molecule has 106 valence electrons. The monoisotopic (exact) mass is 276 g/mol. The highest BCUT2D eigenvalue weighted by molar-refractivity contribution is 5.90. The van der Waals surface area contributed by atoms with Gasteiger partial charge in [-0.15, -0.1) is 5.10 Å². The molecule has 0 aliphatic rings. The van der Waals surface area contributed by atoms with Crippen LogP contribution in [0.2, 0.25) is 0 Å². The van der Waals surface area contributed by atoms with E-state index >= 15 is 0 Å². The standard InChI is InChI=1S/C14H17FN4O/c1-9(2)12-16-13(18-17-12)14(20)19(3)8-10-6-4-5-7-11(10)15/h4-7,9H,8H2,1-3H3,(H,16,17,18). The zero-order valence-electron chi connectivity index (χ0n) is 11.7. The maximum atomic E-state index is 13.6. The number of benzene rings is 1. The lowest BCUT2D eigenvalue weighted by Crippen LogP contribution is -2.27. The van der Waals surface area contributed by atoms with Gasteiger partial charge in [0.2, 0.25) is 5.82 Å². The second-order valence-electron chi connectivity index (χ2n) is 4.95. The van der Waals surface area contributed by atoms with Crippen LogP contribution in [0, 0.1) is 5.82 Å². The predicted molar refractivity (Wildman–Crippen MR) is 72.7 cm³/mol. The van der Waals surface area contributed by atoms with Crippen LogP contribution in [0.25, 0.3) is 0 Å². The molecule has 2 rings (SSSR count). The first-order valence-electron chi connectivity index (χ1n) is 6.40. The van der Waals surface area contributed by atoms with Crippen LogP contribution < -0.4 is 0 Å². The van der Waals surface area contributed by atoms with Gasteiger partial charge in [-0.3, -0.25) is 9.89 Å². The molecule has 0 aliphatic carbocycles. The van der Waals surface area contributed by atoms with Gasteiger partial charge in [0.15, 0.2) is 0 Å². The lowest BCUT2D eigenvalue weighted by atomic mass is 10.2. The minimum atomic E-state index is -0.337. The Labute approximate surface area is 116 Å². The Balaban J connectivity index is 2.10. The molecule has 0 fully saturated rings. The zero-order valence-corrected chi connectivity index (χ0v) is 11.7. The fraction of sp³-hybridized carbons (Fsp3) is 0.357. The maximum absolute atomic E-state index is 13.6. The Morgan fingerprint density at radius 1 is 1.40 bits per heavy atom. The molecule has 1 aromatic heterocycles. The van der Waals surface area contributed by atoms with Crippen molar-refractivity contribution in [1.29, 1.82) is 0 Å². The van der Waals surface area contributed by atoms with E-state index in [0.717, 1.165) is 0 Å². The van der Waals surface area contributed by atoms with Gasteiger partial charge in [0.05, 0.1) is 0 Å². The Bertz CT molecular complexity index is 609. The number of amides is 1. The van der Waals surface area contributed by atoms with Crippen molar-refractivity contribution >= 4 is 5.91 Å². The Kier molecular flexibility index (Phi) is 4.12. The van der Waals surface area contributed by atoms with Gasteiger partial charge in [-0.05, 0) is 6.07 Å². The van der Waals surface area contributed by atoms with Crippen LogP contribution >= 0.6 is 0 Å². The molecule has 0 radical (unpaired) electrons. The summed E-state index contributed by atoms with van der Waals surface area (Å²) < 4.78 is 13.6. The third-order valence-electron chi connectivity index (χ3n) is 2.95. The first-order valence-corrected chi connectivity index (χ1v) is 6.40. The first kappa shape index (κ1) is 14.2. The van der Waals surface area contributed by atoms with E-state index in [4.69, 9.17) is 0 Å². The number of hydrogen-bond acceptors (Lipinski definition) is 3. The molecule has 5 nitrogen and oxygen atoms in total. The SMILES string of the molecule is CC(C)c1nc(C(=O)N(C)Cc2ccccc2F)n[nH]1. The molecule has 1 amide bonds. The van der Waals surface area contributed by atoms with E-state index in [9.17, 15) is 9.18 Å². The summed E-state index contributed by atoms with van der Waals surface area (Å²) in [6, 6.07) is 6.37. The highest BCUT2D eigenvalue weighted by Crippen LogP contribution is 2.12. The molecule has 0 bridgehead atoms. The number of carbonyl (C=O) groups excluding carboxylic acids is 1. The molecule has 1 N–H and O–H groups in total. The van der Waals surface area contributed by atoms with Crippen molar-refractivity contribution in [3.63, 3.8) is 0 Å². The van der Waals surface area contributed by atoms with E-state index in [1.54, 1.807) is 25.2 Å². The molecule has 0 saturated heterocycles. The minimum Gasteiger partial charge on any atom is -0.334 e. The topological polar surface area (TPSA) is 61.9 Å². The lowest BCUT2D eigenvalue weighted by molar-refractivity contribution is 0.0772. The number of nitrogens with zero attached hydrogens (tertiary/aromatic N) is 3. The summed E-state index contributed by atoms with van der Waals surface area (Å²) in [5.74, 6) is 0.266. The molecule has 6 heteroatoms. The third-order valence-corrected chi connectivity index (χ3v) is 2.95. The molecular formula is C14H17FN4O. The van der Waals surface area contributed by atoms with E-state index in [1.807, 2.05) is 13.8 Å². The summed E-state index contributed by atoms with van der Waals surface area (Å²) in [4.78, 5) is 17.7. The Morgan fingerprint density at radius 2 is 2.10 bits per heavy atom. The average Bonchev–Trinajstić information content (AvgIpc) is 2.90. The molecule has 0 atom stereocenters. The number of hydrogen-bond donors (Lipinski definition) is 1. The summed E-state index contributed by atoms with van der Waals surface area (Å²) in [5, 5.41) is 6.63. The fourth-order valence-corrected chi connectivity index (χ4v) is 1.75. The molecular weight excluding hydrogens is 259 g/mol. The Hall–Kier alpha value is -2.24. The maximum Gasteiger partial charge on any atom is 0.293 e. The minimum absolute atomic E-state index is 0.104. The van der Waals surface area contributed by atoms with Crippen LogP contribution in [0.3, 0.4) is 0 Å². The van der Waals surface area contributed by atoms with Crippen LogP contribution in [-0.4, -0.2) is 33.0 Å². The number of aromatic nitrogens is 3. The average molecular weight is 276 g/mol. The molecule has 1 heterocycles. The van der Waals surface area contributed by atoms with Gasteiger partial charge in [0, 0.05) is 25.1 Å². The van der Waals surface area contributed by atoms with Crippen molar-refractivity contribution in [3.8, 4) is 0 Å². The number of carbonyl (C=O) groups is 1. The van der Waals surface area contributed by atoms with E-state index in [-0.39, 0.29) is 30.0 Å². The van der Waals surface area contributed by atoms with Crippen molar-refractivity contribution in [1.82, 2.24) is 20.1 Å². The van der Waals surface area contributed by atoms with Gasteiger partial charge in [0.1, 0.15) is 11.6 Å². The highest BCUT2D eigenvalue weighted by atomic mass is 19.1. The normalized spacial score (nSPS) is 10.8. The fourth-order valence-electron chi connectivity index (χ4n) is 1.75. The van der Waals surface area contributed by atoms with E-state index in [2.05, 4.69) is 15.2 Å². The van der Waals surface area contributed by atoms with Crippen molar-refractivity contribution in [2.45, 2.75) is 26.3 Å². The smallest absolute Gasteiger partial charge is 0.293 e. The van der Waals surface area contributed by atoms with Crippen LogP contribution in [-0.2, 0) is 6.54 Å². The van der Waals surface area contributed by atoms with E-state index in [0.29, 0.717) is 11.4 Å². The highest BCUT2D eigenvalue weighted by Gasteiger charge is 2.19. The van der Waals surface area contributed by atoms with Gasteiger partial charge in [0.25, 0.3) is 5.91 Å². The summed E-state index contributed by atoms with van der Waals surface area (Å²) in [6.45, 7) is 4.09. The quantitative estimate of drug-likeness (QED) is 0.932. The number of aromatic amines is 1. The zero-order chi connectivity index (χ0) is 14.7. The molecule has 0 aliphatic heterocycles. The lowest BCUT2D eigenvalue weighted by Gasteiger charge is -2.15. The first-order chi connectivity index (χ1) is 9.49.